The Kier molecular flexibility index (Phi) is 9.31. The van der Waals surface area contributed by atoms with Gasteiger partial charge in [-0.05, 0) is 51.2 Å². The van der Waals surface area contributed by atoms with Crippen molar-refractivity contribution in [3.05, 3.63) is 23.4 Å². The van der Waals surface area contributed by atoms with Crippen molar-refractivity contribution in [3.8, 4) is 5.88 Å². The van der Waals surface area contributed by atoms with Crippen molar-refractivity contribution in [1.29, 1.82) is 0 Å². The average molecular weight is 425 g/mol. The highest BCUT2D eigenvalue weighted by molar-refractivity contribution is 6.31. The molecule has 7 nitrogen and oxygen atoms in total. The largest absolute Gasteiger partial charge is 0.475 e. The summed E-state index contributed by atoms with van der Waals surface area (Å²) in [5.41, 5.74) is 0. The number of likely N-dealkylation sites (tertiary alicyclic amines) is 1. The fourth-order valence-corrected chi connectivity index (χ4v) is 3.79. The molecular formula is C21H33ClN4O3. The minimum atomic E-state index is 0.285. The molecule has 2 aliphatic rings. The van der Waals surface area contributed by atoms with Crippen molar-refractivity contribution in [3.63, 3.8) is 0 Å². The molecule has 2 saturated heterocycles. The van der Waals surface area contributed by atoms with Crippen molar-refractivity contribution >= 4 is 17.6 Å². The second kappa shape index (κ2) is 12.2. The standard InChI is InChI=1S/C21H33ClN4O3/c1-2-23-21(25-11-15-28-20-19(22)7-5-10-24-20)26-12-8-17(9-13-26)29-16-18-6-3-4-14-27-18/h5,7,10,17-18H,2-4,6,8-9,11-16H2,1H3,(H,23,25). The second-order valence-electron chi connectivity index (χ2n) is 7.38. The Morgan fingerprint density at radius 3 is 2.93 bits per heavy atom. The Hall–Kier alpha value is -1.57. The van der Waals surface area contributed by atoms with Gasteiger partial charge in [0.2, 0.25) is 5.88 Å². The third kappa shape index (κ3) is 7.32. The number of aromatic nitrogens is 1. The van der Waals surface area contributed by atoms with Crippen LogP contribution in [0.15, 0.2) is 23.3 Å². The third-order valence-corrected chi connectivity index (χ3v) is 5.47. The van der Waals surface area contributed by atoms with Crippen LogP contribution in [0.25, 0.3) is 0 Å². The Morgan fingerprint density at radius 1 is 1.34 bits per heavy atom. The summed E-state index contributed by atoms with van der Waals surface area (Å²) >= 11 is 6.06. The van der Waals surface area contributed by atoms with Gasteiger partial charge in [-0.15, -0.1) is 0 Å². The summed E-state index contributed by atoms with van der Waals surface area (Å²) in [7, 11) is 0. The first-order valence-corrected chi connectivity index (χ1v) is 11.1. The van der Waals surface area contributed by atoms with E-state index in [2.05, 4.69) is 22.1 Å². The summed E-state index contributed by atoms with van der Waals surface area (Å²) < 4.78 is 17.5. The fourth-order valence-electron chi connectivity index (χ4n) is 3.61. The molecule has 1 aromatic heterocycles. The van der Waals surface area contributed by atoms with E-state index < -0.39 is 0 Å². The minimum Gasteiger partial charge on any atom is -0.475 e. The van der Waals surface area contributed by atoms with Gasteiger partial charge in [0.15, 0.2) is 5.96 Å². The number of aliphatic imine (C=N–C) groups is 1. The predicted octanol–water partition coefficient (Wildman–Crippen LogP) is 3.13. The summed E-state index contributed by atoms with van der Waals surface area (Å²) in [5, 5.41) is 3.90. The SMILES string of the molecule is CCNC(=NCCOc1ncccc1Cl)N1CCC(OCC2CCCCO2)CC1. The lowest BCUT2D eigenvalue weighted by molar-refractivity contribution is -0.0721. The number of hydrogen-bond acceptors (Lipinski definition) is 5. The molecule has 1 unspecified atom stereocenters. The van der Waals surface area contributed by atoms with Crippen LogP contribution in [-0.4, -0.2) is 74.1 Å². The van der Waals surface area contributed by atoms with Gasteiger partial charge in [-0.2, -0.15) is 0 Å². The molecule has 1 aromatic rings. The van der Waals surface area contributed by atoms with Crippen molar-refractivity contribution in [2.24, 2.45) is 4.99 Å². The van der Waals surface area contributed by atoms with Gasteiger partial charge < -0.3 is 24.4 Å². The Labute approximate surface area is 178 Å². The number of guanidine groups is 1. The van der Waals surface area contributed by atoms with Gasteiger partial charge in [0.05, 0.1) is 25.4 Å². The molecule has 0 bridgehead atoms. The lowest BCUT2D eigenvalue weighted by atomic mass is 10.1. The summed E-state index contributed by atoms with van der Waals surface area (Å²) in [5.74, 6) is 1.38. The number of halogens is 1. The summed E-state index contributed by atoms with van der Waals surface area (Å²) in [6.45, 7) is 7.39. The Morgan fingerprint density at radius 2 is 2.21 bits per heavy atom. The van der Waals surface area contributed by atoms with E-state index in [1.54, 1.807) is 18.3 Å². The number of nitrogens with one attached hydrogen (secondary N) is 1. The lowest BCUT2D eigenvalue weighted by Crippen LogP contribution is -2.47. The van der Waals surface area contributed by atoms with E-state index in [1.165, 1.54) is 12.8 Å². The molecule has 0 radical (unpaired) electrons. The zero-order chi connectivity index (χ0) is 20.3. The zero-order valence-electron chi connectivity index (χ0n) is 17.3. The highest BCUT2D eigenvalue weighted by Gasteiger charge is 2.23. The first-order chi connectivity index (χ1) is 14.3. The monoisotopic (exact) mass is 424 g/mol. The predicted molar refractivity (Wildman–Crippen MR) is 115 cm³/mol. The van der Waals surface area contributed by atoms with E-state index >= 15 is 0 Å². The highest BCUT2D eigenvalue weighted by Crippen LogP contribution is 2.20. The van der Waals surface area contributed by atoms with Gasteiger partial charge in [-0.3, -0.25) is 0 Å². The van der Waals surface area contributed by atoms with E-state index in [0.29, 0.717) is 30.2 Å². The van der Waals surface area contributed by atoms with Gasteiger partial charge in [0.1, 0.15) is 11.6 Å². The fraction of sp³-hybridized carbons (Fsp3) is 0.714. The van der Waals surface area contributed by atoms with Crippen LogP contribution in [0.1, 0.15) is 39.0 Å². The van der Waals surface area contributed by atoms with Crippen LogP contribution in [-0.2, 0) is 9.47 Å². The molecule has 0 aromatic carbocycles. The van der Waals surface area contributed by atoms with Crippen molar-refractivity contribution in [2.75, 3.05) is 46.0 Å². The molecule has 3 rings (SSSR count). The zero-order valence-corrected chi connectivity index (χ0v) is 18.1. The lowest BCUT2D eigenvalue weighted by Gasteiger charge is -2.35. The number of rotatable bonds is 8. The Bertz CT molecular complexity index is 632. The van der Waals surface area contributed by atoms with Crippen LogP contribution in [0, 0.1) is 0 Å². The molecular weight excluding hydrogens is 392 g/mol. The molecule has 0 saturated carbocycles. The maximum atomic E-state index is 6.12. The van der Waals surface area contributed by atoms with E-state index in [-0.39, 0.29) is 6.10 Å². The molecule has 2 fully saturated rings. The Balaban J connectivity index is 1.39. The van der Waals surface area contributed by atoms with Gasteiger partial charge in [-0.25, -0.2) is 9.98 Å². The topological polar surface area (TPSA) is 68.2 Å². The normalized spacial score (nSPS) is 21.2. The maximum absolute atomic E-state index is 6.12. The second-order valence-corrected chi connectivity index (χ2v) is 7.79. The van der Waals surface area contributed by atoms with Crippen LogP contribution >= 0.6 is 11.6 Å². The van der Waals surface area contributed by atoms with E-state index in [4.69, 9.17) is 30.8 Å². The molecule has 162 valence electrons. The van der Waals surface area contributed by atoms with Crippen LogP contribution in [0.3, 0.4) is 0 Å². The molecule has 1 atom stereocenters. The van der Waals surface area contributed by atoms with E-state index in [1.807, 2.05) is 0 Å². The highest BCUT2D eigenvalue weighted by atomic mass is 35.5. The number of nitrogens with zero attached hydrogens (tertiary/aromatic N) is 3. The van der Waals surface area contributed by atoms with Crippen LogP contribution in [0.2, 0.25) is 5.02 Å². The first kappa shape index (κ1) is 22.1. The molecule has 0 aliphatic carbocycles. The van der Waals surface area contributed by atoms with E-state index in [9.17, 15) is 0 Å². The first-order valence-electron chi connectivity index (χ1n) is 10.8. The summed E-state index contributed by atoms with van der Waals surface area (Å²) in [4.78, 5) is 11.1. The number of pyridine rings is 1. The van der Waals surface area contributed by atoms with Crippen LogP contribution < -0.4 is 10.1 Å². The molecule has 0 amide bonds. The minimum absolute atomic E-state index is 0.285. The van der Waals surface area contributed by atoms with Gasteiger partial charge in [-0.1, -0.05) is 11.6 Å². The third-order valence-electron chi connectivity index (χ3n) is 5.18. The average Bonchev–Trinajstić information content (AvgIpc) is 2.77. The summed E-state index contributed by atoms with van der Waals surface area (Å²) in [6, 6.07) is 3.55. The molecule has 2 aliphatic heterocycles. The number of ether oxygens (including phenoxy) is 3. The number of piperidine rings is 1. The molecule has 0 spiro atoms. The molecule has 3 heterocycles. The molecule has 8 heteroatoms. The van der Waals surface area contributed by atoms with Gasteiger partial charge in [0.25, 0.3) is 0 Å². The maximum Gasteiger partial charge on any atom is 0.232 e. The van der Waals surface area contributed by atoms with Crippen molar-refractivity contribution < 1.29 is 14.2 Å². The molecule has 1 N–H and O–H groups in total. The summed E-state index contributed by atoms with van der Waals surface area (Å²) in [6.07, 6.45) is 7.85. The van der Waals surface area contributed by atoms with Crippen LogP contribution in [0.4, 0.5) is 0 Å². The smallest absolute Gasteiger partial charge is 0.232 e. The van der Waals surface area contributed by atoms with Crippen molar-refractivity contribution in [2.45, 2.75) is 51.2 Å². The van der Waals surface area contributed by atoms with Crippen molar-refractivity contribution in [1.82, 2.24) is 15.2 Å². The number of hydrogen-bond donors (Lipinski definition) is 1. The van der Waals surface area contributed by atoms with Gasteiger partial charge in [0, 0.05) is 32.4 Å². The van der Waals surface area contributed by atoms with Crippen LogP contribution in [0.5, 0.6) is 5.88 Å². The van der Waals surface area contributed by atoms with E-state index in [0.717, 1.165) is 58.1 Å². The molecule has 29 heavy (non-hydrogen) atoms. The quantitative estimate of drug-likeness (QED) is 0.393. The van der Waals surface area contributed by atoms with Gasteiger partial charge >= 0.3 is 0 Å².